The zero-order valence-corrected chi connectivity index (χ0v) is 17.3. The number of nitriles is 1. The molecule has 0 aromatic heterocycles. The summed E-state index contributed by atoms with van der Waals surface area (Å²) < 4.78 is 0. The van der Waals surface area contributed by atoms with Crippen molar-refractivity contribution in [2.45, 2.75) is 52.4 Å². The predicted molar refractivity (Wildman–Crippen MR) is 113 cm³/mol. The van der Waals surface area contributed by atoms with E-state index in [-0.39, 0.29) is 16.7 Å². The van der Waals surface area contributed by atoms with Crippen molar-refractivity contribution in [2.75, 3.05) is 5.32 Å². The Kier molecular flexibility index (Phi) is 4.59. The fraction of sp³-hybridized carbons (Fsp3) is 0.333. The standard InChI is InChI=1S/C24H26N2O2/c1-23(2,3)18-11-15(12-19(21(18)27)24(4,5)6)10-17-16-9-14(13-25)7-8-20(16)26-22(17)28/h7-12,27H,1-6H3,(H,26,28)/b17-10-. The Balaban J connectivity index is 2.23. The monoisotopic (exact) mass is 374 g/mol. The molecule has 144 valence electrons. The zero-order valence-electron chi connectivity index (χ0n) is 17.3. The van der Waals surface area contributed by atoms with Crippen LogP contribution in [0.3, 0.4) is 0 Å². The Morgan fingerprint density at radius 3 is 2.07 bits per heavy atom. The van der Waals surface area contributed by atoms with Crippen LogP contribution in [-0.2, 0) is 15.6 Å². The number of amides is 1. The van der Waals surface area contributed by atoms with Crippen molar-refractivity contribution < 1.29 is 9.90 Å². The molecule has 0 aliphatic carbocycles. The number of phenolic OH excluding ortho intramolecular Hbond substituents is 1. The zero-order chi connectivity index (χ0) is 20.9. The summed E-state index contributed by atoms with van der Waals surface area (Å²) in [5.41, 5.74) is 4.52. The van der Waals surface area contributed by atoms with Crippen molar-refractivity contribution in [1.29, 1.82) is 5.26 Å². The highest BCUT2D eigenvalue weighted by atomic mass is 16.3. The Labute approximate surface area is 166 Å². The number of anilines is 1. The maximum Gasteiger partial charge on any atom is 0.256 e. The number of rotatable bonds is 1. The Morgan fingerprint density at radius 1 is 1.00 bits per heavy atom. The van der Waals surface area contributed by atoms with Crippen LogP contribution in [0.2, 0.25) is 0 Å². The fourth-order valence-electron chi connectivity index (χ4n) is 3.45. The third-order valence-electron chi connectivity index (χ3n) is 4.99. The molecule has 4 heteroatoms. The average molecular weight is 374 g/mol. The van der Waals surface area contributed by atoms with Gasteiger partial charge in [0.05, 0.1) is 11.6 Å². The molecular weight excluding hydrogens is 348 g/mol. The summed E-state index contributed by atoms with van der Waals surface area (Å²) >= 11 is 0. The minimum atomic E-state index is -0.248. The number of hydrogen-bond donors (Lipinski definition) is 2. The molecule has 3 rings (SSSR count). The van der Waals surface area contributed by atoms with Crippen LogP contribution < -0.4 is 5.32 Å². The van der Waals surface area contributed by atoms with Crippen LogP contribution in [0.25, 0.3) is 11.6 Å². The van der Waals surface area contributed by atoms with Gasteiger partial charge in [-0.2, -0.15) is 5.26 Å². The molecule has 0 spiro atoms. The highest BCUT2D eigenvalue weighted by Crippen LogP contribution is 2.41. The molecule has 1 heterocycles. The first kappa shape index (κ1) is 19.7. The minimum absolute atomic E-state index is 0.187. The lowest BCUT2D eigenvalue weighted by molar-refractivity contribution is -0.110. The highest BCUT2D eigenvalue weighted by Gasteiger charge is 2.28. The predicted octanol–water partition coefficient (Wildman–Crippen LogP) is 5.35. The van der Waals surface area contributed by atoms with Gasteiger partial charge >= 0.3 is 0 Å². The van der Waals surface area contributed by atoms with E-state index in [0.29, 0.717) is 22.6 Å². The number of carbonyl (C=O) groups excluding carboxylic acids is 1. The van der Waals surface area contributed by atoms with Gasteiger partial charge in [-0.15, -0.1) is 0 Å². The summed E-state index contributed by atoms with van der Waals surface area (Å²) in [5.74, 6) is 0.123. The van der Waals surface area contributed by atoms with Gasteiger partial charge in [0.1, 0.15) is 5.75 Å². The van der Waals surface area contributed by atoms with E-state index in [9.17, 15) is 15.2 Å². The van der Waals surface area contributed by atoms with Gasteiger partial charge < -0.3 is 10.4 Å². The van der Waals surface area contributed by atoms with Crippen LogP contribution in [0, 0.1) is 11.3 Å². The smallest absolute Gasteiger partial charge is 0.256 e. The average Bonchev–Trinajstić information content (AvgIpc) is 2.89. The number of nitrogens with zero attached hydrogens (tertiary/aromatic N) is 1. The molecule has 1 amide bonds. The molecule has 2 N–H and O–H groups in total. The molecule has 2 aromatic rings. The number of phenols is 1. The van der Waals surface area contributed by atoms with Gasteiger partial charge in [-0.1, -0.05) is 41.5 Å². The van der Waals surface area contributed by atoms with Crippen LogP contribution in [0.1, 0.15) is 69.4 Å². The molecule has 1 aliphatic heterocycles. The van der Waals surface area contributed by atoms with Crippen molar-refractivity contribution in [3.63, 3.8) is 0 Å². The second-order valence-electron chi connectivity index (χ2n) is 9.35. The lowest BCUT2D eigenvalue weighted by Gasteiger charge is -2.28. The highest BCUT2D eigenvalue weighted by molar-refractivity contribution is 6.35. The normalized spacial score (nSPS) is 15.3. The molecule has 0 unspecified atom stereocenters. The van der Waals surface area contributed by atoms with Crippen LogP contribution in [-0.4, -0.2) is 11.0 Å². The van der Waals surface area contributed by atoms with E-state index in [1.165, 1.54) is 0 Å². The van der Waals surface area contributed by atoms with Gasteiger partial charge in [0.15, 0.2) is 0 Å². The molecule has 4 nitrogen and oxygen atoms in total. The number of aromatic hydroxyl groups is 1. The summed E-state index contributed by atoms with van der Waals surface area (Å²) in [6.07, 6.45) is 1.84. The number of hydrogen-bond acceptors (Lipinski definition) is 3. The lowest BCUT2D eigenvalue weighted by Crippen LogP contribution is -2.17. The van der Waals surface area contributed by atoms with Crippen LogP contribution in [0.15, 0.2) is 30.3 Å². The molecule has 0 saturated carbocycles. The quantitative estimate of drug-likeness (QED) is 0.661. The SMILES string of the molecule is CC(C)(C)c1cc(/C=C2\C(=O)Nc3ccc(C#N)cc32)cc(C(C)(C)C)c1O. The number of benzene rings is 2. The van der Waals surface area contributed by atoms with Crippen molar-refractivity contribution in [2.24, 2.45) is 0 Å². The first-order chi connectivity index (χ1) is 12.9. The van der Waals surface area contributed by atoms with Gasteiger partial charge in [-0.25, -0.2) is 0 Å². The molecule has 0 atom stereocenters. The Morgan fingerprint density at radius 2 is 1.57 bits per heavy atom. The van der Waals surface area contributed by atoms with Crippen LogP contribution in [0.5, 0.6) is 5.75 Å². The third-order valence-corrected chi connectivity index (χ3v) is 4.99. The molecule has 0 bridgehead atoms. The topological polar surface area (TPSA) is 73.1 Å². The first-order valence-corrected chi connectivity index (χ1v) is 9.37. The molecule has 0 saturated heterocycles. The van der Waals surface area contributed by atoms with E-state index in [2.05, 4.69) is 52.9 Å². The van der Waals surface area contributed by atoms with Crippen LogP contribution >= 0.6 is 0 Å². The van der Waals surface area contributed by atoms with Crippen molar-refractivity contribution >= 4 is 23.2 Å². The fourth-order valence-corrected chi connectivity index (χ4v) is 3.45. The van der Waals surface area contributed by atoms with Crippen molar-refractivity contribution in [1.82, 2.24) is 0 Å². The Hall–Kier alpha value is -3.06. The number of fused-ring (bicyclic) bond motifs is 1. The summed E-state index contributed by atoms with van der Waals surface area (Å²) in [4.78, 5) is 12.6. The van der Waals surface area contributed by atoms with E-state index in [0.717, 1.165) is 22.3 Å². The van der Waals surface area contributed by atoms with Gasteiger partial charge in [0, 0.05) is 28.0 Å². The second kappa shape index (κ2) is 6.53. The maximum absolute atomic E-state index is 12.6. The van der Waals surface area contributed by atoms with Gasteiger partial charge in [0.25, 0.3) is 5.91 Å². The summed E-state index contributed by atoms with van der Waals surface area (Å²) in [6.45, 7) is 12.3. The molecule has 1 aliphatic rings. The van der Waals surface area contributed by atoms with E-state index >= 15 is 0 Å². The second-order valence-corrected chi connectivity index (χ2v) is 9.35. The summed E-state index contributed by atoms with van der Waals surface area (Å²) in [7, 11) is 0. The molecule has 0 radical (unpaired) electrons. The van der Waals surface area contributed by atoms with E-state index in [1.807, 2.05) is 18.2 Å². The van der Waals surface area contributed by atoms with E-state index in [4.69, 9.17) is 0 Å². The maximum atomic E-state index is 12.6. The van der Waals surface area contributed by atoms with Gasteiger partial charge in [-0.05, 0) is 52.8 Å². The molecule has 28 heavy (non-hydrogen) atoms. The molecule has 0 fully saturated rings. The number of carbonyl (C=O) groups is 1. The van der Waals surface area contributed by atoms with E-state index in [1.54, 1.807) is 18.2 Å². The number of nitrogens with one attached hydrogen (secondary N) is 1. The Bertz CT molecular complexity index is 1010. The van der Waals surface area contributed by atoms with Crippen molar-refractivity contribution in [3.8, 4) is 11.8 Å². The van der Waals surface area contributed by atoms with Crippen molar-refractivity contribution in [3.05, 3.63) is 58.1 Å². The van der Waals surface area contributed by atoms with Gasteiger partial charge in [0.2, 0.25) is 0 Å². The van der Waals surface area contributed by atoms with Crippen LogP contribution in [0.4, 0.5) is 5.69 Å². The minimum Gasteiger partial charge on any atom is -0.507 e. The molecule has 2 aromatic carbocycles. The van der Waals surface area contributed by atoms with E-state index < -0.39 is 0 Å². The first-order valence-electron chi connectivity index (χ1n) is 9.37. The molecular formula is C24H26N2O2. The summed E-state index contributed by atoms with van der Waals surface area (Å²) in [5, 5.41) is 22.9. The summed E-state index contributed by atoms with van der Waals surface area (Å²) in [6, 6.07) is 11.2. The third kappa shape index (κ3) is 3.53. The lowest BCUT2D eigenvalue weighted by atomic mass is 9.78. The largest absolute Gasteiger partial charge is 0.507 e. The van der Waals surface area contributed by atoms with Gasteiger partial charge in [-0.3, -0.25) is 4.79 Å².